The van der Waals surface area contributed by atoms with Crippen LogP contribution in [0.3, 0.4) is 0 Å². The molecule has 0 aromatic heterocycles. The third kappa shape index (κ3) is 0.773. The molecule has 3 rings (SSSR count). The number of nitrogens with one attached hydrogen (secondary N) is 1. The SMILES string of the molecule is CNc1ccccc1-c1c2ccn1-2. The molecule has 1 aromatic rings. The highest BCUT2D eigenvalue weighted by atomic mass is 15.1. The Balaban J connectivity index is 2.16. The van der Waals surface area contributed by atoms with Crippen molar-refractivity contribution in [3.05, 3.63) is 36.5 Å². The van der Waals surface area contributed by atoms with Gasteiger partial charge in [0, 0.05) is 24.5 Å². The van der Waals surface area contributed by atoms with Gasteiger partial charge in [-0.1, -0.05) is 18.2 Å². The highest BCUT2D eigenvalue weighted by molar-refractivity contribution is 5.90. The number of rotatable bonds is 2. The summed E-state index contributed by atoms with van der Waals surface area (Å²) in [6, 6.07) is 10.5. The van der Waals surface area contributed by atoms with Gasteiger partial charge in [-0.05, 0) is 12.1 Å². The lowest BCUT2D eigenvalue weighted by molar-refractivity contribution is 1.20. The number of fused-ring (bicyclic) bond motifs is 1. The van der Waals surface area contributed by atoms with Gasteiger partial charge >= 0.3 is 0 Å². The molecule has 64 valence electrons. The van der Waals surface area contributed by atoms with Crippen LogP contribution in [0.25, 0.3) is 16.9 Å². The summed E-state index contributed by atoms with van der Waals surface area (Å²) in [7, 11) is 1.96. The van der Waals surface area contributed by atoms with Crippen LogP contribution in [0, 0.1) is 0 Å². The third-order valence-corrected chi connectivity index (χ3v) is 2.53. The Bertz CT molecular complexity index is 449. The fourth-order valence-electron chi connectivity index (χ4n) is 1.74. The van der Waals surface area contributed by atoms with Gasteiger partial charge in [-0.25, -0.2) is 0 Å². The summed E-state index contributed by atoms with van der Waals surface area (Å²) in [5.74, 6) is 0. The maximum absolute atomic E-state index is 3.20. The maximum Gasteiger partial charge on any atom is 0.0792 e. The highest BCUT2D eigenvalue weighted by Gasteiger charge is 2.26. The van der Waals surface area contributed by atoms with Crippen molar-refractivity contribution in [2.45, 2.75) is 0 Å². The Morgan fingerprint density at radius 2 is 1.92 bits per heavy atom. The number of hydrogen-bond donors (Lipinski definition) is 1. The summed E-state index contributed by atoms with van der Waals surface area (Å²) in [6.45, 7) is 0. The lowest BCUT2D eigenvalue weighted by atomic mass is 10.1. The molecule has 1 aromatic carbocycles. The summed E-state index contributed by atoms with van der Waals surface area (Å²) in [5.41, 5.74) is 5.21. The van der Waals surface area contributed by atoms with E-state index in [1.807, 2.05) is 13.1 Å². The van der Waals surface area contributed by atoms with E-state index in [0.717, 1.165) is 0 Å². The average Bonchev–Trinajstić information content (AvgIpc) is 2.67. The average molecular weight is 170 g/mol. The van der Waals surface area contributed by atoms with Crippen LogP contribution in [0.4, 0.5) is 5.69 Å². The fourth-order valence-corrected chi connectivity index (χ4v) is 1.74. The van der Waals surface area contributed by atoms with Gasteiger partial charge in [0.05, 0.1) is 11.4 Å². The van der Waals surface area contributed by atoms with Crippen LogP contribution >= 0.6 is 0 Å². The van der Waals surface area contributed by atoms with Gasteiger partial charge in [-0.2, -0.15) is 0 Å². The Morgan fingerprint density at radius 1 is 1.15 bits per heavy atom. The maximum atomic E-state index is 3.20. The van der Waals surface area contributed by atoms with Gasteiger partial charge in [0.1, 0.15) is 0 Å². The minimum atomic E-state index is 1.20. The summed E-state index contributed by atoms with van der Waals surface area (Å²) in [4.78, 5) is 0. The molecule has 2 aliphatic heterocycles. The molecule has 0 atom stereocenters. The van der Waals surface area contributed by atoms with E-state index in [1.165, 1.54) is 22.6 Å². The van der Waals surface area contributed by atoms with Crippen LogP contribution in [0.1, 0.15) is 0 Å². The molecular weight excluding hydrogens is 160 g/mol. The van der Waals surface area contributed by atoms with E-state index in [9.17, 15) is 0 Å². The van der Waals surface area contributed by atoms with Crippen molar-refractivity contribution in [3.8, 4) is 16.9 Å². The normalized spacial score (nSPS) is 11.5. The van der Waals surface area contributed by atoms with Crippen LogP contribution in [0.15, 0.2) is 36.5 Å². The zero-order valence-corrected chi connectivity index (χ0v) is 7.41. The molecule has 0 bridgehead atoms. The number of para-hydroxylation sites is 1. The second-order valence-electron chi connectivity index (χ2n) is 3.22. The molecule has 0 amide bonds. The van der Waals surface area contributed by atoms with Gasteiger partial charge in [0.15, 0.2) is 0 Å². The first-order valence-corrected chi connectivity index (χ1v) is 4.40. The quantitative estimate of drug-likeness (QED) is 0.625. The zero-order chi connectivity index (χ0) is 8.84. The lowest BCUT2D eigenvalue weighted by Crippen LogP contribution is -1.89. The van der Waals surface area contributed by atoms with E-state index in [4.69, 9.17) is 0 Å². The minimum Gasteiger partial charge on any atom is -0.388 e. The molecule has 0 unspecified atom stereocenters. The van der Waals surface area contributed by atoms with Crippen molar-refractivity contribution in [2.24, 2.45) is 0 Å². The number of nitrogens with zero attached hydrogens (tertiary/aromatic N) is 1. The van der Waals surface area contributed by atoms with Crippen LogP contribution in [-0.2, 0) is 0 Å². The second kappa shape index (κ2) is 2.16. The first kappa shape index (κ1) is 6.78. The van der Waals surface area contributed by atoms with Crippen molar-refractivity contribution in [3.63, 3.8) is 0 Å². The molecule has 0 radical (unpaired) electrons. The molecule has 0 saturated carbocycles. The van der Waals surface area contributed by atoms with Crippen LogP contribution in [-0.4, -0.2) is 11.6 Å². The Morgan fingerprint density at radius 3 is 2.54 bits per heavy atom. The Labute approximate surface area is 76.8 Å². The minimum absolute atomic E-state index is 1.20. The third-order valence-electron chi connectivity index (χ3n) is 2.53. The number of anilines is 1. The molecule has 0 spiro atoms. The predicted molar refractivity (Wildman–Crippen MR) is 54.3 cm³/mol. The molecular formula is C11H10N2. The first-order valence-electron chi connectivity index (χ1n) is 4.40. The van der Waals surface area contributed by atoms with E-state index in [1.54, 1.807) is 0 Å². The van der Waals surface area contributed by atoms with Gasteiger partial charge in [-0.3, -0.25) is 0 Å². The summed E-state index contributed by atoms with van der Waals surface area (Å²) >= 11 is 0. The molecule has 0 aliphatic carbocycles. The molecule has 2 nitrogen and oxygen atoms in total. The molecule has 13 heavy (non-hydrogen) atoms. The van der Waals surface area contributed by atoms with Crippen molar-refractivity contribution in [1.82, 2.24) is 4.57 Å². The second-order valence-corrected chi connectivity index (χ2v) is 3.22. The van der Waals surface area contributed by atoms with E-state index in [-0.39, 0.29) is 0 Å². The largest absolute Gasteiger partial charge is 0.388 e. The molecule has 0 fully saturated rings. The van der Waals surface area contributed by atoms with E-state index < -0.39 is 0 Å². The zero-order valence-electron chi connectivity index (χ0n) is 7.41. The number of aromatic nitrogens is 1. The standard InChI is InChI=1S/C11H10N2/c1-12-9-5-3-2-4-8(9)11-10-6-7-13(10)11/h2-7,12H,1H3. The van der Waals surface area contributed by atoms with Crippen molar-refractivity contribution in [2.75, 3.05) is 12.4 Å². The Kier molecular flexibility index (Phi) is 1.13. The van der Waals surface area contributed by atoms with Gasteiger partial charge in [-0.15, -0.1) is 0 Å². The van der Waals surface area contributed by atoms with Crippen LogP contribution in [0.2, 0.25) is 0 Å². The van der Waals surface area contributed by atoms with Crippen molar-refractivity contribution in [1.29, 1.82) is 0 Å². The predicted octanol–water partition coefficient (Wildman–Crippen LogP) is 2.50. The lowest BCUT2D eigenvalue weighted by Gasteiger charge is -2.02. The van der Waals surface area contributed by atoms with Crippen LogP contribution < -0.4 is 5.32 Å². The number of hydrogen-bond acceptors (Lipinski definition) is 1. The van der Waals surface area contributed by atoms with Gasteiger partial charge in [0.25, 0.3) is 0 Å². The fraction of sp³-hybridized carbons (Fsp3) is 0.0909. The van der Waals surface area contributed by atoms with E-state index in [0.29, 0.717) is 0 Å². The smallest absolute Gasteiger partial charge is 0.0792 e. The molecule has 2 heterocycles. The molecule has 0 saturated heterocycles. The van der Waals surface area contributed by atoms with Crippen LogP contribution in [0.5, 0.6) is 0 Å². The summed E-state index contributed by atoms with van der Waals surface area (Å²) in [5, 5.41) is 3.20. The van der Waals surface area contributed by atoms with Crippen molar-refractivity contribution >= 4 is 5.69 Å². The molecule has 2 aliphatic rings. The summed E-state index contributed by atoms with van der Waals surface area (Å²) in [6.07, 6.45) is 2.09. The Hall–Kier alpha value is -1.70. The van der Waals surface area contributed by atoms with Crippen molar-refractivity contribution < 1.29 is 0 Å². The first-order chi connectivity index (χ1) is 6.42. The monoisotopic (exact) mass is 170 g/mol. The van der Waals surface area contributed by atoms with Gasteiger partial charge in [0.2, 0.25) is 0 Å². The van der Waals surface area contributed by atoms with E-state index in [2.05, 4.69) is 40.3 Å². The molecule has 1 N–H and O–H groups in total. The summed E-state index contributed by atoms with van der Waals surface area (Å²) < 4.78 is 2.20. The molecule has 2 heteroatoms. The number of benzene rings is 1. The topological polar surface area (TPSA) is 17.0 Å². The van der Waals surface area contributed by atoms with Gasteiger partial charge < -0.3 is 9.88 Å². The highest BCUT2D eigenvalue weighted by Crippen LogP contribution is 2.44. The van der Waals surface area contributed by atoms with E-state index >= 15 is 0 Å².